The second-order valence-electron chi connectivity index (χ2n) is 3.86. The number of nitrogens with zero attached hydrogens (tertiary/aromatic N) is 1. The molecule has 0 bridgehead atoms. The van der Waals surface area contributed by atoms with Crippen LogP contribution in [0.4, 0.5) is 0 Å². The third-order valence-corrected chi connectivity index (χ3v) is 3.77. The quantitative estimate of drug-likeness (QED) is 0.828. The van der Waals surface area contributed by atoms with Crippen molar-refractivity contribution in [1.82, 2.24) is 4.90 Å². The Labute approximate surface area is 89.2 Å². The monoisotopic (exact) mass is 211 g/mol. The van der Waals surface area contributed by atoms with Crippen LogP contribution in [0.1, 0.15) is 29.7 Å². The molecule has 0 spiro atoms. The average Bonchev–Trinajstić information content (AvgIpc) is 2.67. The van der Waals surface area contributed by atoms with Gasteiger partial charge in [0.15, 0.2) is 0 Å². The van der Waals surface area contributed by atoms with Crippen molar-refractivity contribution in [3.63, 3.8) is 0 Å². The van der Waals surface area contributed by atoms with Crippen LogP contribution < -0.4 is 0 Å². The molecule has 1 fully saturated rings. The van der Waals surface area contributed by atoms with E-state index in [2.05, 4.69) is 16.3 Å². The van der Waals surface area contributed by atoms with Crippen LogP contribution in [-0.2, 0) is 13.2 Å². The second kappa shape index (κ2) is 4.91. The molecule has 1 aromatic rings. The average molecular weight is 211 g/mol. The molecule has 0 aromatic carbocycles. The van der Waals surface area contributed by atoms with Gasteiger partial charge in [0.05, 0.1) is 6.61 Å². The molecule has 3 heteroatoms. The van der Waals surface area contributed by atoms with Crippen LogP contribution in [0.15, 0.2) is 11.4 Å². The topological polar surface area (TPSA) is 23.5 Å². The minimum absolute atomic E-state index is 0.195. The normalized spacial score (nSPS) is 18.6. The zero-order chi connectivity index (χ0) is 9.80. The number of aliphatic hydroxyl groups is 1. The largest absolute Gasteiger partial charge is 0.391 e. The first-order chi connectivity index (χ1) is 6.90. The maximum absolute atomic E-state index is 9.13. The van der Waals surface area contributed by atoms with E-state index in [0.717, 1.165) is 11.4 Å². The molecule has 78 valence electrons. The first kappa shape index (κ1) is 10.1. The molecule has 14 heavy (non-hydrogen) atoms. The molecule has 1 aliphatic heterocycles. The molecule has 0 saturated carbocycles. The van der Waals surface area contributed by atoms with Gasteiger partial charge in [-0.1, -0.05) is 6.42 Å². The molecule has 0 unspecified atom stereocenters. The van der Waals surface area contributed by atoms with Gasteiger partial charge < -0.3 is 5.11 Å². The molecule has 0 amide bonds. The Morgan fingerprint density at radius 1 is 1.29 bits per heavy atom. The summed E-state index contributed by atoms with van der Waals surface area (Å²) in [7, 11) is 0. The predicted octanol–water partition coefficient (Wildman–Crippen LogP) is 2.23. The van der Waals surface area contributed by atoms with E-state index < -0.39 is 0 Å². The zero-order valence-electron chi connectivity index (χ0n) is 8.41. The first-order valence-electron chi connectivity index (χ1n) is 5.28. The number of hydrogen-bond acceptors (Lipinski definition) is 3. The Morgan fingerprint density at radius 3 is 2.79 bits per heavy atom. The lowest BCUT2D eigenvalue weighted by Gasteiger charge is -2.26. The Bertz CT molecular complexity index is 279. The van der Waals surface area contributed by atoms with Gasteiger partial charge in [-0.15, -0.1) is 11.3 Å². The molecule has 2 heterocycles. The van der Waals surface area contributed by atoms with E-state index in [1.54, 1.807) is 11.3 Å². The van der Waals surface area contributed by atoms with Crippen LogP contribution in [0.3, 0.4) is 0 Å². The fourth-order valence-corrected chi connectivity index (χ4v) is 2.76. The maximum atomic E-state index is 9.13. The summed E-state index contributed by atoms with van der Waals surface area (Å²) >= 11 is 1.66. The summed E-state index contributed by atoms with van der Waals surface area (Å²) in [5.41, 5.74) is 1.32. The first-order valence-corrected chi connectivity index (χ1v) is 6.16. The number of rotatable bonds is 3. The van der Waals surface area contributed by atoms with Gasteiger partial charge in [0.2, 0.25) is 0 Å². The molecular weight excluding hydrogens is 194 g/mol. The fourth-order valence-electron chi connectivity index (χ4n) is 2.01. The summed E-state index contributed by atoms with van der Waals surface area (Å²) in [6.07, 6.45) is 4.05. The minimum atomic E-state index is 0.195. The van der Waals surface area contributed by atoms with E-state index in [1.807, 2.05) is 0 Å². The van der Waals surface area contributed by atoms with Crippen molar-refractivity contribution in [2.24, 2.45) is 0 Å². The van der Waals surface area contributed by atoms with Crippen molar-refractivity contribution >= 4 is 11.3 Å². The Balaban J connectivity index is 1.95. The minimum Gasteiger partial charge on any atom is -0.391 e. The Kier molecular flexibility index (Phi) is 3.56. The van der Waals surface area contributed by atoms with Crippen LogP contribution in [0, 0.1) is 0 Å². The zero-order valence-corrected chi connectivity index (χ0v) is 9.22. The lowest BCUT2D eigenvalue weighted by molar-refractivity contribution is 0.218. The maximum Gasteiger partial charge on any atom is 0.0777 e. The summed E-state index contributed by atoms with van der Waals surface area (Å²) in [6.45, 7) is 3.67. The van der Waals surface area contributed by atoms with Gasteiger partial charge in [0.1, 0.15) is 0 Å². The van der Waals surface area contributed by atoms with Gasteiger partial charge in [0, 0.05) is 11.4 Å². The molecule has 2 rings (SSSR count). The highest BCUT2D eigenvalue weighted by Crippen LogP contribution is 2.20. The lowest BCUT2D eigenvalue weighted by atomic mass is 10.1. The van der Waals surface area contributed by atoms with Crippen molar-refractivity contribution in [1.29, 1.82) is 0 Å². The molecule has 0 atom stereocenters. The fraction of sp³-hybridized carbons (Fsp3) is 0.636. The van der Waals surface area contributed by atoms with Gasteiger partial charge in [0.25, 0.3) is 0 Å². The van der Waals surface area contributed by atoms with Gasteiger partial charge in [-0.25, -0.2) is 0 Å². The van der Waals surface area contributed by atoms with E-state index in [0.29, 0.717) is 0 Å². The number of thiophene rings is 1. The van der Waals surface area contributed by atoms with Crippen molar-refractivity contribution in [3.05, 3.63) is 21.9 Å². The number of likely N-dealkylation sites (tertiary alicyclic amines) is 1. The SMILES string of the molecule is OCc1sccc1CN1CCCCC1. The Hall–Kier alpha value is -0.380. The molecule has 1 aliphatic rings. The van der Waals surface area contributed by atoms with Crippen LogP contribution in [0.2, 0.25) is 0 Å². The van der Waals surface area contributed by atoms with Gasteiger partial charge in [-0.3, -0.25) is 4.90 Å². The van der Waals surface area contributed by atoms with Gasteiger partial charge >= 0.3 is 0 Å². The Morgan fingerprint density at radius 2 is 2.07 bits per heavy atom. The highest BCUT2D eigenvalue weighted by Gasteiger charge is 2.12. The van der Waals surface area contributed by atoms with Crippen molar-refractivity contribution < 1.29 is 5.11 Å². The molecule has 1 saturated heterocycles. The van der Waals surface area contributed by atoms with E-state index in [-0.39, 0.29) is 6.61 Å². The van der Waals surface area contributed by atoms with Crippen LogP contribution in [0.5, 0.6) is 0 Å². The van der Waals surface area contributed by atoms with Gasteiger partial charge in [-0.2, -0.15) is 0 Å². The molecule has 2 nitrogen and oxygen atoms in total. The third-order valence-electron chi connectivity index (χ3n) is 2.82. The van der Waals surface area contributed by atoms with Crippen molar-refractivity contribution in [2.75, 3.05) is 13.1 Å². The highest BCUT2D eigenvalue weighted by molar-refractivity contribution is 7.10. The molecule has 1 N–H and O–H groups in total. The second-order valence-corrected chi connectivity index (χ2v) is 4.86. The standard InChI is InChI=1S/C11H17NOS/c13-9-11-10(4-7-14-11)8-12-5-2-1-3-6-12/h4,7,13H,1-3,5-6,8-9H2. The van der Waals surface area contributed by atoms with Crippen LogP contribution in [0.25, 0.3) is 0 Å². The molecule has 1 aromatic heterocycles. The summed E-state index contributed by atoms with van der Waals surface area (Å²) in [6, 6.07) is 2.14. The van der Waals surface area contributed by atoms with E-state index >= 15 is 0 Å². The van der Waals surface area contributed by atoms with E-state index in [9.17, 15) is 0 Å². The summed E-state index contributed by atoms with van der Waals surface area (Å²) < 4.78 is 0. The van der Waals surface area contributed by atoms with Crippen molar-refractivity contribution in [3.8, 4) is 0 Å². The number of hydrogen-bond donors (Lipinski definition) is 1. The highest BCUT2D eigenvalue weighted by atomic mass is 32.1. The smallest absolute Gasteiger partial charge is 0.0777 e. The van der Waals surface area contributed by atoms with Crippen molar-refractivity contribution in [2.45, 2.75) is 32.4 Å². The van der Waals surface area contributed by atoms with Gasteiger partial charge in [-0.05, 0) is 42.9 Å². The number of piperidine rings is 1. The lowest BCUT2D eigenvalue weighted by Crippen LogP contribution is -2.29. The molecule has 0 aliphatic carbocycles. The van der Waals surface area contributed by atoms with Crippen LogP contribution in [-0.4, -0.2) is 23.1 Å². The molecule has 0 radical (unpaired) electrons. The summed E-state index contributed by atoms with van der Waals surface area (Å²) in [4.78, 5) is 3.63. The predicted molar refractivity (Wildman–Crippen MR) is 59.4 cm³/mol. The summed E-state index contributed by atoms with van der Waals surface area (Å²) in [5.74, 6) is 0. The van der Waals surface area contributed by atoms with E-state index in [4.69, 9.17) is 5.11 Å². The third kappa shape index (κ3) is 2.35. The summed E-state index contributed by atoms with van der Waals surface area (Å²) in [5, 5.41) is 11.2. The van der Waals surface area contributed by atoms with Crippen LogP contribution >= 0.6 is 11.3 Å². The van der Waals surface area contributed by atoms with E-state index in [1.165, 1.54) is 37.9 Å². The molecular formula is C11H17NOS. The number of aliphatic hydroxyl groups excluding tert-OH is 1.